The lowest BCUT2D eigenvalue weighted by Crippen LogP contribution is -2.01. The van der Waals surface area contributed by atoms with E-state index in [1.54, 1.807) is 6.07 Å². The van der Waals surface area contributed by atoms with Gasteiger partial charge in [-0.25, -0.2) is 0 Å². The van der Waals surface area contributed by atoms with E-state index in [0.29, 0.717) is 16.5 Å². The second-order valence-corrected chi connectivity index (χ2v) is 7.39. The van der Waals surface area contributed by atoms with Gasteiger partial charge in [0.1, 0.15) is 22.8 Å². The standard InChI is InChI=1S/C19H12O7S/c20-10-1-4-13-17(7-10)26-18-8-11(21)2-5-14(18)19(13)15-9-12(27(23,24)25)3-6-16(15)22/h1-9,20,22H,(H,23,24,25). The third kappa shape index (κ3) is 2.90. The molecule has 0 bridgehead atoms. The molecule has 0 saturated carbocycles. The first-order valence-corrected chi connectivity index (χ1v) is 9.18. The predicted molar refractivity (Wildman–Crippen MR) is 97.7 cm³/mol. The maximum absolute atomic E-state index is 11.7. The molecule has 1 heterocycles. The highest BCUT2D eigenvalue weighted by Gasteiger charge is 2.21. The molecule has 136 valence electrons. The van der Waals surface area contributed by atoms with E-state index in [4.69, 9.17) is 4.42 Å². The maximum atomic E-state index is 11.7. The monoisotopic (exact) mass is 384 g/mol. The van der Waals surface area contributed by atoms with Crippen LogP contribution in [0, 0.1) is 0 Å². The summed E-state index contributed by atoms with van der Waals surface area (Å²) in [6, 6.07) is 11.8. The van der Waals surface area contributed by atoms with Gasteiger partial charge in [-0.15, -0.1) is 0 Å². The Morgan fingerprint density at radius 3 is 2.37 bits per heavy atom. The SMILES string of the molecule is O=c1ccc2c(-c3cc(S(=O)(=O)O)ccc3O)c3ccc(O)cc3oc-2c1. The van der Waals surface area contributed by atoms with Crippen LogP contribution >= 0.6 is 0 Å². The van der Waals surface area contributed by atoms with Crippen LogP contribution in [0.4, 0.5) is 0 Å². The number of fused-ring (bicyclic) bond motifs is 2. The van der Waals surface area contributed by atoms with Crippen molar-refractivity contribution < 1.29 is 27.6 Å². The summed E-state index contributed by atoms with van der Waals surface area (Å²) in [5.74, 6) is -0.0894. The highest BCUT2D eigenvalue weighted by Crippen LogP contribution is 2.44. The van der Waals surface area contributed by atoms with E-state index >= 15 is 0 Å². The molecule has 7 nitrogen and oxygen atoms in total. The first-order valence-electron chi connectivity index (χ1n) is 7.74. The van der Waals surface area contributed by atoms with Gasteiger partial charge in [-0.1, -0.05) is 0 Å². The second kappa shape index (κ2) is 5.83. The molecular weight excluding hydrogens is 372 g/mol. The summed E-state index contributed by atoms with van der Waals surface area (Å²) in [6.07, 6.45) is 0. The number of hydrogen-bond donors (Lipinski definition) is 3. The van der Waals surface area contributed by atoms with Gasteiger partial charge >= 0.3 is 0 Å². The van der Waals surface area contributed by atoms with Crippen LogP contribution in [0.3, 0.4) is 0 Å². The first-order chi connectivity index (χ1) is 12.7. The molecule has 0 amide bonds. The topological polar surface area (TPSA) is 125 Å². The molecule has 2 aliphatic rings. The van der Waals surface area contributed by atoms with Gasteiger partial charge in [-0.3, -0.25) is 9.35 Å². The Balaban J connectivity index is 2.20. The van der Waals surface area contributed by atoms with Crippen molar-refractivity contribution >= 4 is 21.1 Å². The Bertz CT molecular complexity index is 1340. The molecule has 0 atom stereocenters. The smallest absolute Gasteiger partial charge is 0.294 e. The van der Waals surface area contributed by atoms with Crippen molar-refractivity contribution in [3.63, 3.8) is 0 Å². The summed E-state index contributed by atoms with van der Waals surface area (Å²) >= 11 is 0. The van der Waals surface area contributed by atoms with Gasteiger partial charge in [0, 0.05) is 34.2 Å². The molecular formula is C19H12O7S. The third-order valence-electron chi connectivity index (χ3n) is 4.21. The Morgan fingerprint density at radius 2 is 1.63 bits per heavy atom. The zero-order chi connectivity index (χ0) is 19.3. The van der Waals surface area contributed by atoms with Gasteiger partial charge in [0.2, 0.25) is 0 Å². The minimum Gasteiger partial charge on any atom is -0.508 e. The average molecular weight is 384 g/mol. The van der Waals surface area contributed by atoms with Gasteiger partial charge in [0.15, 0.2) is 5.43 Å². The quantitative estimate of drug-likeness (QED) is 0.358. The van der Waals surface area contributed by atoms with Crippen molar-refractivity contribution in [2.45, 2.75) is 4.90 Å². The Kier molecular flexibility index (Phi) is 3.69. The van der Waals surface area contributed by atoms with Crippen LogP contribution in [0.25, 0.3) is 33.4 Å². The van der Waals surface area contributed by atoms with E-state index in [1.807, 2.05) is 0 Å². The molecule has 0 saturated heterocycles. The molecule has 2 aromatic carbocycles. The minimum absolute atomic E-state index is 0.0641. The van der Waals surface area contributed by atoms with E-state index in [1.165, 1.54) is 30.3 Å². The van der Waals surface area contributed by atoms with E-state index in [0.717, 1.165) is 18.2 Å². The van der Waals surface area contributed by atoms with Gasteiger partial charge in [-0.05, 0) is 42.5 Å². The molecule has 1 aliphatic heterocycles. The van der Waals surface area contributed by atoms with Crippen LogP contribution in [-0.2, 0) is 10.1 Å². The summed E-state index contributed by atoms with van der Waals surface area (Å²) < 4.78 is 38.1. The van der Waals surface area contributed by atoms with Crippen LogP contribution in [0.5, 0.6) is 11.5 Å². The molecule has 8 heteroatoms. The predicted octanol–water partition coefficient (Wildman–Crippen LogP) is 3.22. The number of rotatable bonds is 2. The molecule has 2 aromatic rings. The lowest BCUT2D eigenvalue weighted by atomic mass is 9.93. The molecule has 1 aliphatic carbocycles. The number of phenolic OH excluding ortho intramolecular Hbond substituents is 2. The maximum Gasteiger partial charge on any atom is 0.294 e. The van der Waals surface area contributed by atoms with Gasteiger partial charge in [0.05, 0.1) is 4.90 Å². The molecule has 0 aromatic heterocycles. The fourth-order valence-corrected chi connectivity index (χ4v) is 3.53. The lowest BCUT2D eigenvalue weighted by molar-refractivity contribution is 0.474. The van der Waals surface area contributed by atoms with E-state index < -0.39 is 15.0 Å². The van der Waals surface area contributed by atoms with Crippen LogP contribution in [-0.4, -0.2) is 23.2 Å². The molecule has 0 unspecified atom stereocenters. The van der Waals surface area contributed by atoms with Crippen molar-refractivity contribution in [3.8, 4) is 33.9 Å². The fourth-order valence-electron chi connectivity index (χ4n) is 3.03. The van der Waals surface area contributed by atoms with Crippen LogP contribution < -0.4 is 5.43 Å². The summed E-state index contributed by atoms with van der Waals surface area (Å²) in [4.78, 5) is 11.3. The van der Waals surface area contributed by atoms with Crippen molar-refractivity contribution in [1.29, 1.82) is 0 Å². The Labute approximate surface area is 152 Å². The highest BCUT2D eigenvalue weighted by atomic mass is 32.2. The highest BCUT2D eigenvalue weighted by molar-refractivity contribution is 7.85. The Hall–Kier alpha value is -3.36. The van der Waals surface area contributed by atoms with Gasteiger partial charge in [-0.2, -0.15) is 8.42 Å². The van der Waals surface area contributed by atoms with Crippen molar-refractivity contribution in [3.05, 3.63) is 64.8 Å². The van der Waals surface area contributed by atoms with Gasteiger partial charge < -0.3 is 14.6 Å². The third-order valence-corrected chi connectivity index (χ3v) is 5.06. The molecule has 27 heavy (non-hydrogen) atoms. The largest absolute Gasteiger partial charge is 0.508 e. The van der Waals surface area contributed by atoms with Crippen molar-refractivity contribution in [2.75, 3.05) is 0 Å². The van der Waals surface area contributed by atoms with Gasteiger partial charge in [0.25, 0.3) is 10.1 Å². The van der Waals surface area contributed by atoms with E-state index in [9.17, 15) is 28.0 Å². The molecule has 0 spiro atoms. The zero-order valence-corrected chi connectivity index (χ0v) is 14.4. The van der Waals surface area contributed by atoms with E-state index in [-0.39, 0.29) is 33.8 Å². The summed E-state index contributed by atoms with van der Waals surface area (Å²) in [6.45, 7) is 0. The van der Waals surface area contributed by atoms with Crippen molar-refractivity contribution in [2.24, 2.45) is 0 Å². The van der Waals surface area contributed by atoms with Crippen LogP contribution in [0.2, 0.25) is 0 Å². The summed E-state index contributed by atoms with van der Waals surface area (Å²) in [5, 5.41) is 20.6. The molecule has 0 fully saturated rings. The number of hydrogen-bond acceptors (Lipinski definition) is 6. The molecule has 0 radical (unpaired) electrons. The summed E-state index contributed by atoms with van der Waals surface area (Å²) in [5.41, 5.74) is 0.914. The number of aromatic hydroxyl groups is 2. The van der Waals surface area contributed by atoms with Crippen LogP contribution in [0.15, 0.2) is 68.7 Å². The Morgan fingerprint density at radius 1 is 0.852 bits per heavy atom. The molecule has 4 rings (SSSR count). The van der Waals surface area contributed by atoms with Crippen molar-refractivity contribution in [1.82, 2.24) is 0 Å². The zero-order valence-electron chi connectivity index (χ0n) is 13.6. The fraction of sp³-hybridized carbons (Fsp3) is 0. The lowest BCUT2D eigenvalue weighted by Gasteiger charge is -2.16. The first kappa shape index (κ1) is 17.1. The second-order valence-electron chi connectivity index (χ2n) is 5.97. The number of benzene rings is 3. The normalized spacial score (nSPS) is 11.9. The minimum atomic E-state index is -4.49. The average Bonchev–Trinajstić information content (AvgIpc) is 2.59. The van der Waals surface area contributed by atoms with E-state index in [2.05, 4.69) is 0 Å². The number of phenols is 2. The summed E-state index contributed by atoms with van der Waals surface area (Å²) in [7, 11) is -4.49. The van der Waals surface area contributed by atoms with Crippen LogP contribution in [0.1, 0.15) is 0 Å². The molecule has 3 N–H and O–H groups in total.